The van der Waals surface area contributed by atoms with Crippen LogP contribution in [0.2, 0.25) is 0 Å². The Morgan fingerprint density at radius 1 is 1.33 bits per heavy atom. The minimum absolute atomic E-state index is 0.0430. The second-order valence-corrected chi connectivity index (χ2v) is 3.13. The lowest BCUT2D eigenvalue weighted by atomic mass is 10.1. The van der Waals surface area contributed by atoms with Crippen LogP contribution in [0, 0.1) is 19.7 Å². The molecule has 0 atom stereocenters. The first-order valence-corrected chi connectivity index (χ1v) is 3.97. The Morgan fingerprint density at radius 2 is 1.83 bits per heavy atom. The number of halogens is 1. The van der Waals surface area contributed by atoms with Gasteiger partial charge in [0.1, 0.15) is 5.82 Å². The van der Waals surface area contributed by atoms with E-state index in [9.17, 15) is 9.18 Å². The maximum Gasteiger partial charge on any atom is 0.219 e. The Hall–Kier alpha value is -0.830. The minimum Gasteiger partial charge on any atom is -0.282 e. The van der Waals surface area contributed by atoms with Gasteiger partial charge >= 0.3 is 0 Å². The highest BCUT2D eigenvalue weighted by atomic mass is 32.1. The highest BCUT2D eigenvalue weighted by Crippen LogP contribution is 2.15. The maximum atomic E-state index is 13.0. The van der Waals surface area contributed by atoms with Crippen LogP contribution in [0.5, 0.6) is 0 Å². The van der Waals surface area contributed by atoms with E-state index >= 15 is 0 Å². The maximum absolute atomic E-state index is 13.0. The van der Waals surface area contributed by atoms with Crippen molar-refractivity contribution in [1.29, 1.82) is 0 Å². The van der Waals surface area contributed by atoms with Crippen LogP contribution in [0.3, 0.4) is 0 Å². The topological polar surface area (TPSA) is 17.1 Å². The Balaban J connectivity index is 3.33. The summed E-state index contributed by atoms with van der Waals surface area (Å²) in [7, 11) is 0. The Kier molecular flexibility index (Phi) is 2.52. The van der Waals surface area contributed by atoms with E-state index in [0.29, 0.717) is 0 Å². The summed E-state index contributed by atoms with van der Waals surface area (Å²) in [6, 6.07) is 2.86. The van der Waals surface area contributed by atoms with E-state index in [1.165, 1.54) is 12.1 Å². The largest absolute Gasteiger partial charge is 0.282 e. The van der Waals surface area contributed by atoms with E-state index in [1.807, 2.05) is 6.92 Å². The summed E-state index contributed by atoms with van der Waals surface area (Å²) < 4.78 is 13.0. The second kappa shape index (κ2) is 3.27. The second-order valence-electron chi connectivity index (χ2n) is 2.72. The molecule has 3 heteroatoms. The highest BCUT2D eigenvalue weighted by Gasteiger charge is 2.08. The molecule has 0 saturated heterocycles. The van der Waals surface area contributed by atoms with Crippen molar-refractivity contribution < 1.29 is 9.18 Å². The van der Waals surface area contributed by atoms with E-state index in [0.717, 1.165) is 11.1 Å². The molecule has 0 aliphatic carbocycles. The molecule has 0 saturated carbocycles. The third-order valence-electron chi connectivity index (χ3n) is 1.81. The molecular weight excluding hydrogens is 175 g/mol. The number of hydrogen-bond donors (Lipinski definition) is 1. The Morgan fingerprint density at radius 3 is 2.33 bits per heavy atom. The van der Waals surface area contributed by atoms with Crippen molar-refractivity contribution in [1.82, 2.24) is 0 Å². The van der Waals surface area contributed by atoms with E-state index in [-0.39, 0.29) is 5.56 Å². The molecule has 0 radical (unpaired) electrons. The van der Waals surface area contributed by atoms with Crippen molar-refractivity contribution in [2.75, 3.05) is 0 Å². The molecule has 0 aliphatic heterocycles. The summed E-state index contributed by atoms with van der Waals surface area (Å²) in [5.74, 6) is -0.502. The van der Waals surface area contributed by atoms with Gasteiger partial charge in [0, 0.05) is 0 Å². The van der Waals surface area contributed by atoms with Gasteiger partial charge in [0.05, 0.1) is 5.56 Å². The SMILES string of the molecule is Cc1cc(F)c(C(=O)S)cc1C. The molecule has 1 aromatic carbocycles. The minimum atomic E-state index is -0.532. The number of hydrogen-bond acceptors (Lipinski definition) is 1. The fraction of sp³-hybridized carbons (Fsp3) is 0.222. The fourth-order valence-electron chi connectivity index (χ4n) is 0.945. The molecule has 64 valence electrons. The molecule has 0 spiro atoms. The molecule has 0 bridgehead atoms. The van der Waals surface area contributed by atoms with Crippen LogP contribution in [0.4, 0.5) is 4.39 Å². The molecule has 0 unspecified atom stereocenters. The lowest BCUT2D eigenvalue weighted by Crippen LogP contribution is -1.96. The summed E-state index contributed by atoms with van der Waals surface area (Å²) >= 11 is 3.56. The Bertz CT molecular complexity index is 334. The van der Waals surface area contributed by atoms with Gasteiger partial charge in [0.25, 0.3) is 0 Å². The van der Waals surface area contributed by atoms with Crippen LogP contribution in [0.1, 0.15) is 21.5 Å². The predicted molar refractivity (Wildman–Crippen MR) is 49.2 cm³/mol. The van der Waals surface area contributed by atoms with Crippen molar-refractivity contribution >= 4 is 17.7 Å². The van der Waals surface area contributed by atoms with E-state index in [1.54, 1.807) is 6.92 Å². The average molecular weight is 184 g/mol. The molecule has 12 heavy (non-hydrogen) atoms. The van der Waals surface area contributed by atoms with Crippen molar-refractivity contribution in [3.05, 3.63) is 34.6 Å². The van der Waals surface area contributed by atoms with Gasteiger partial charge in [0.15, 0.2) is 0 Å². The van der Waals surface area contributed by atoms with E-state index < -0.39 is 10.9 Å². The Labute approximate surface area is 76.0 Å². The summed E-state index contributed by atoms with van der Waals surface area (Å²) in [6.45, 7) is 3.63. The monoisotopic (exact) mass is 184 g/mol. The first-order valence-electron chi connectivity index (χ1n) is 3.52. The molecule has 1 aromatic rings. The van der Waals surface area contributed by atoms with Crippen LogP contribution in [-0.4, -0.2) is 5.12 Å². The number of carbonyl (C=O) groups is 1. The van der Waals surface area contributed by atoms with Crippen LogP contribution < -0.4 is 0 Å². The molecule has 1 rings (SSSR count). The molecule has 0 fully saturated rings. The lowest BCUT2D eigenvalue weighted by Gasteiger charge is -2.02. The van der Waals surface area contributed by atoms with E-state index in [2.05, 4.69) is 12.6 Å². The van der Waals surface area contributed by atoms with Gasteiger partial charge in [-0.1, -0.05) is 0 Å². The van der Waals surface area contributed by atoms with E-state index in [4.69, 9.17) is 0 Å². The van der Waals surface area contributed by atoms with Gasteiger partial charge in [-0.25, -0.2) is 4.39 Å². The smallest absolute Gasteiger partial charge is 0.219 e. The summed E-state index contributed by atoms with van der Waals surface area (Å²) in [4.78, 5) is 10.8. The molecule has 0 aromatic heterocycles. The van der Waals surface area contributed by atoms with Crippen LogP contribution in [0.25, 0.3) is 0 Å². The summed E-state index contributed by atoms with van der Waals surface area (Å²) in [5, 5.41) is -0.532. The first kappa shape index (κ1) is 9.26. The molecule has 0 N–H and O–H groups in total. The zero-order valence-electron chi connectivity index (χ0n) is 6.89. The van der Waals surface area contributed by atoms with Gasteiger partial charge in [-0.15, -0.1) is 12.6 Å². The standard InChI is InChI=1S/C9H9FOS/c1-5-3-7(9(11)12)8(10)4-6(5)2/h3-4H,1-2H3,(H,11,12). The normalized spacial score (nSPS) is 10.0. The number of benzene rings is 1. The number of aryl methyl sites for hydroxylation is 2. The third kappa shape index (κ3) is 1.67. The molecule has 0 amide bonds. The van der Waals surface area contributed by atoms with Crippen LogP contribution in [-0.2, 0) is 0 Å². The van der Waals surface area contributed by atoms with Gasteiger partial charge in [-0.3, -0.25) is 4.79 Å². The third-order valence-corrected chi connectivity index (χ3v) is 2.05. The van der Waals surface area contributed by atoms with Gasteiger partial charge in [-0.05, 0) is 37.1 Å². The average Bonchev–Trinajstić information content (AvgIpc) is 1.96. The van der Waals surface area contributed by atoms with Gasteiger partial charge in [-0.2, -0.15) is 0 Å². The van der Waals surface area contributed by atoms with Gasteiger partial charge < -0.3 is 0 Å². The van der Waals surface area contributed by atoms with Crippen LogP contribution >= 0.6 is 12.6 Å². The highest BCUT2D eigenvalue weighted by molar-refractivity contribution is 7.97. The first-order chi connectivity index (χ1) is 5.52. The van der Waals surface area contributed by atoms with Crippen molar-refractivity contribution in [3.63, 3.8) is 0 Å². The quantitative estimate of drug-likeness (QED) is 0.664. The number of thiol groups is 1. The number of carbonyl (C=O) groups excluding carboxylic acids is 1. The summed E-state index contributed by atoms with van der Waals surface area (Å²) in [5.41, 5.74) is 1.78. The summed E-state index contributed by atoms with van der Waals surface area (Å²) in [6.07, 6.45) is 0. The zero-order chi connectivity index (χ0) is 9.30. The molecule has 1 nitrogen and oxygen atoms in total. The molecule has 0 aliphatic rings. The van der Waals surface area contributed by atoms with Crippen LogP contribution in [0.15, 0.2) is 12.1 Å². The zero-order valence-corrected chi connectivity index (χ0v) is 7.78. The lowest BCUT2D eigenvalue weighted by molar-refractivity contribution is 0.108. The fourth-order valence-corrected chi connectivity index (χ4v) is 1.12. The van der Waals surface area contributed by atoms with Crippen molar-refractivity contribution in [2.24, 2.45) is 0 Å². The number of rotatable bonds is 1. The molecular formula is C9H9FOS. The predicted octanol–water partition coefficient (Wildman–Crippen LogP) is 2.51. The van der Waals surface area contributed by atoms with Crippen molar-refractivity contribution in [2.45, 2.75) is 13.8 Å². The van der Waals surface area contributed by atoms with Gasteiger partial charge in [0.2, 0.25) is 5.12 Å². The molecule has 0 heterocycles. The van der Waals surface area contributed by atoms with Crippen molar-refractivity contribution in [3.8, 4) is 0 Å².